The first-order chi connectivity index (χ1) is 41.2. The highest BCUT2D eigenvalue weighted by Crippen LogP contribution is 2.49. The first-order valence-corrected chi connectivity index (χ1v) is 30.1. The fourth-order valence-corrected chi connectivity index (χ4v) is 16.2. The van der Waals surface area contributed by atoms with Gasteiger partial charge < -0.3 is 4.57 Å². The van der Waals surface area contributed by atoms with Crippen LogP contribution in [0.4, 0.5) is 0 Å². The summed E-state index contributed by atoms with van der Waals surface area (Å²) in [5, 5.41) is 12.6. The van der Waals surface area contributed by atoms with E-state index in [2.05, 4.69) is 302 Å². The molecule has 17 aromatic rings. The van der Waals surface area contributed by atoms with Crippen LogP contribution in [0, 0.1) is 0 Å². The third kappa shape index (κ3) is 7.66. The highest BCUT2D eigenvalue weighted by Gasteiger charge is 2.22. The molecule has 0 aliphatic heterocycles. The Morgan fingerprint density at radius 2 is 0.518 bits per heavy atom. The van der Waals surface area contributed by atoms with Gasteiger partial charge >= 0.3 is 0 Å². The second-order valence-corrected chi connectivity index (χ2v) is 23.8. The average Bonchev–Trinajstić information content (AvgIpc) is 4.44. The monoisotopic (exact) mass is 1090 g/mol. The van der Waals surface area contributed by atoms with Crippen molar-refractivity contribution in [1.82, 2.24) is 4.57 Å². The van der Waals surface area contributed by atoms with Gasteiger partial charge in [-0.1, -0.05) is 267 Å². The van der Waals surface area contributed by atoms with Gasteiger partial charge in [0.25, 0.3) is 0 Å². The van der Waals surface area contributed by atoms with Crippen molar-refractivity contribution in [3.63, 3.8) is 0 Å². The Hall–Kier alpha value is -10.2. The molecule has 386 valence electrons. The molecule has 0 saturated heterocycles. The van der Waals surface area contributed by atoms with E-state index in [0.717, 1.165) is 5.69 Å². The predicted molar refractivity (Wildman–Crippen MR) is 360 cm³/mol. The summed E-state index contributed by atoms with van der Waals surface area (Å²) in [5.41, 5.74) is 20.7. The van der Waals surface area contributed by atoms with Gasteiger partial charge in [0, 0.05) is 56.8 Å². The van der Waals surface area contributed by atoms with Gasteiger partial charge in [-0.05, 0) is 130 Å². The van der Waals surface area contributed by atoms with Gasteiger partial charge in [-0.25, -0.2) is 0 Å². The molecular weight excluding hydrogens is 1040 g/mol. The normalized spacial score (nSPS) is 11.9. The highest BCUT2D eigenvalue weighted by atomic mass is 32.1. The van der Waals surface area contributed by atoms with Crippen LogP contribution in [-0.2, 0) is 0 Å². The maximum Gasteiger partial charge on any atom is 0.0547 e. The summed E-state index contributed by atoms with van der Waals surface area (Å²) in [5.74, 6) is 0. The predicted octanol–water partition coefficient (Wildman–Crippen LogP) is 23.5. The van der Waals surface area contributed by atoms with Gasteiger partial charge in [0.15, 0.2) is 0 Å². The van der Waals surface area contributed by atoms with Crippen molar-refractivity contribution in [3.05, 3.63) is 297 Å². The van der Waals surface area contributed by atoms with Crippen molar-refractivity contribution >= 4 is 106 Å². The second kappa shape index (κ2) is 19.3. The van der Waals surface area contributed by atoms with Crippen molar-refractivity contribution in [2.75, 3.05) is 0 Å². The first kappa shape index (κ1) is 47.6. The van der Waals surface area contributed by atoms with Crippen LogP contribution in [0.3, 0.4) is 0 Å². The molecule has 14 aromatic carbocycles. The topological polar surface area (TPSA) is 4.93 Å². The summed E-state index contributed by atoms with van der Waals surface area (Å²) in [4.78, 5) is 0. The number of hydrogen-bond acceptors (Lipinski definition) is 2. The summed E-state index contributed by atoms with van der Waals surface area (Å²) in [7, 11) is 0. The number of nitrogens with zero attached hydrogens (tertiary/aromatic N) is 1. The van der Waals surface area contributed by atoms with Crippen LogP contribution in [0.25, 0.3) is 167 Å². The molecule has 0 fully saturated rings. The Balaban J connectivity index is 0.861. The number of fused-ring (bicyclic) bond motifs is 11. The number of hydrogen-bond donors (Lipinski definition) is 0. The molecule has 0 bridgehead atoms. The molecule has 0 atom stereocenters. The molecule has 0 aliphatic carbocycles. The highest BCUT2D eigenvalue weighted by molar-refractivity contribution is 7.27. The van der Waals surface area contributed by atoms with Crippen molar-refractivity contribution in [2.45, 2.75) is 0 Å². The van der Waals surface area contributed by atoms with Crippen LogP contribution in [0.5, 0.6) is 0 Å². The molecule has 3 heterocycles. The van der Waals surface area contributed by atoms with Gasteiger partial charge in [-0.3, -0.25) is 0 Å². The maximum atomic E-state index is 2.52. The number of rotatable bonds is 8. The van der Waals surface area contributed by atoms with Gasteiger partial charge in [-0.2, -0.15) is 0 Å². The van der Waals surface area contributed by atoms with Crippen LogP contribution >= 0.6 is 22.7 Å². The maximum absolute atomic E-state index is 2.52. The largest absolute Gasteiger partial charge is 0.309 e. The molecule has 3 aromatic heterocycles. The fourth-order valence-electron chi connectivity index (χ4n) is 13.4. The van der Waals surface area contributed by atoms with E-state index in [0.29, 0.717) is 0 Å². The summed E-state index contributed by atoms with van der Waals surface area (Å²) in [6, 6.07) is 110. The van der Waals surface area contributed by atoms with Crippen molar-refractivity contribution < 1.29 is 0 Å². The minimum absolute atomic E-state index is 1.12. The zero-order chi connectivity index (χ0) is 54.5. The first-order valence-electron chi connectivity index (χ1n) is 28.5. The van der Waals surface area contributed by atoms with Gasteiger partial charge in [0.2, 0.25) is 0 Å². The zero-order valence-electron chi connectivity index (χ0n) is 45.1. The molecule has 0 N–H and O–H groups in total. The quantitative estimate of drug-likeness (QED) is 0.134. The summed E-state index contributed by atoms with van der Waals surface area (Å²) in [6.07, 6.45) is 0. The van der Waals surface area contributed by atoms with Gasteiger partial charge in [0.05, 0.1) is 11.0 Å². The molecule has 0 amide bonds. The van der Waals surface area contributed by atoms with E-state index in [-0.39, 0.29) is 0 Å². The second-order valence-electron chi connectivity index (χ2n) is 21.8. The Labute approximate surface area is 488 Å². The van der Waals surface area contributed by atoms with E-state index < -0.39 is 0 Å². The lowest BCUT2D eigenvalue weighted by molar-refractivity contribution is 1.18. The summed E-state index contributed by atoms with van der Waals surface area (Å²) >= 11 is 3.82. The Morgan fingerprint density at radius 3 is 0.952 bits per heavy atom. The molecule has 0 spiro atoms. The Bertz CT molecular complexity index is 5190. The summed E-state index contributed by atoms with van der Waals surface area (Å²) in [6.45, 7) is 0. The molecule has 0 aliphatic rings. The van der Waals surface area contributed by atoms with Crippen LogP contribution in [0.1, 0.15) is 0 Å². The van der Waals surface area contributed by atoms with E-state index in [9.17, 15) is 0 Å². The third-order valence-corrected chi connectivity index (χ3v) is 19.8. The lowest BCUT2D eigenvalue weighted by atomic mass is 9.85. The average molecular weight is 1090 g/mol. The number of aromatic nitrogens is 1. The number of benzene rings is 14. The lowest BCUT2D eigenvalue weighted by Gasteiger charge is -2.19. The zero-order valence-corrected chi connectivity index (χ0v) is 46.7. The molecule has 1 nitrogen and oxygen atoms in total. The fraction of sp³-hybridized carbons (Fsp3) is 0. The minimum atomic E-state index is 1.12. The standard InChI is InChI=1S/C80H49NS2/c1-5-19-51(20-6-1)59-29-15-33-68-70-35-17-31-61(79(70)82-77(59)68)56-40-44-63-64-45-41-57(62-32-18-36-71-69-34-16-30-60(78(69)83-80(62)71)52-21-7-2-8-22-52)49-74(64)81(73(63)48-56)58-42-37-50(38-43-58)55-39-46-67-72(47-55)76(54-25-11-4-12-26-54)66-28-14-13-27-65(66)75(67)53-23-9-3-10-24-53/h1-49H. The van der Waals surface area contributed by atoms with Crippen LogP contribution in [0.2, 0.25) is 0 Å². The third-order valence-electron chi connectivity index (χ3n) is 17.2. The smallest absolute Gasteiger partial charge is 0.0547 e. The van der Waals surface area contributed by atoms with Crippen LogP contribution < -0.4 is 0 Å². The SMILES string of the molecule is c1ccc(-c2c3ccccc3c(-c3ccccc3)c3cc(-c4ccc(-n5c6cc(-c7cccc8c7sc7c(-c9ccccc9)cccc78)ccc6c6ccc(-c7cccc8c7sc7c(-c9ccccc9)cccc78)cc65)cc4)ccc23)cc1. The molecule has 0 unspecified atom stereocenters. The molecule has 0 saturated carbocycles. The van der Waals surface area contributed by atoms with Gasteiger partial charge in [0.1, 0.15) is 0 Å². The van der Waals surface area contributed by atoms with Crippen molar-refractivity contribution in [1.29, 1.82) is 0 Å². The van der Waals surface area contributed by atoms with E-state index in [1.54, 1.807) is 0 Å². The molecule has 17 rings (SSSR count). The van der Waals surface area contributed by atoms with E-state index in [1.807, 2.05) is 22.7 Å². The molecule has 3 heteroatoms. The van der Waals surface area contributed by atoms with Crippen molar-refractivity contribution in [3.8, 4) is 83.6 Å². The van der Waals surface area contributed by atoms with E-state index in [4.69, 9.17) is 0 Å². The van der Waals surface area contributed by atoms with E-state index >= 15 is 0 Å². The van der Waals surface area contributed by atoms with Crippen molar-refractivity contribution in [2.24, 2.45) is 0 Å². The molecule has 0 radical (unpaired) electrons. The minimum Gasteiger partial charge on any atom is -0.309 e. The van der Waals surface area contributed by atoms with E-state index in [1.165, 1.54) is 162 Å². The van der Waals surface area contributed by atoms with Crippen LogP contribution in [0.15, 0.2) is 297 Å². The molecular formula is C80H49NS2. The molecule has 83 heavy (non-hydrogen) atoms. The Kier molecular flexibility index (Phi) is 11.0. The summed E-state index contributed by atoms with van der Waals surface area (Å²) < 4.78 is 7.77. The lowest BCUT2D eigenvalue weighted by Crippen LogP contribution is -1.95. The number of thiophene rings is 2. The Morgan fingerprint density at radius 1 is 0.193 bits per heavy atom. The van der Waals surface area contributed by atoms with Crippen LogP contribution in [-0.4, -0.2) is 4.57 Å². The van der Waals surface area contributed by atoms with Gasteiger partial charge in [-0.15, -0.1) is 22.7 Å².